The third kappa shape index (κ3) is 3.84. The molecule has 0 bridgehead atoms. The number of hydrogen-bond acceptors (Lipinski definition) is 2. The summed E-state index contributed by atoms with van der Waals surface area (Å²) in [6, 6.07) is 5.26. The van der Waals surface area contributed by atoms with Crippen molar-refractivity contribution in [2.45, 2.75) is 19.1 Å². The molecule has 0 spiro atoms. The highest BCUT2D eigenvalue weighted by Gasteiger charge is 2.45. The van der Waals surface area contributed by atoms with Gasteiger partial charge in [0.25, 0.3) is 0 Å². The van der Waals surface area contributed by atoms with Crippen LogP contribution in [0.25, 0.3) is 0 Å². The molecule has 1 aliphatic heterocycles. The van der Waals surface area contributed by atoms with Crippen molar-refractivity contribution >= 4 is 12.4 Å². The second-order valence-corrected chi connectivity index (χ2v) is 4.59. The SMILES string of the molecule is Cc1ccccc1[C@H](N1CCNCC1)C(F)(F)F.Cl. The van der Waals surface area contributed by atoms with E-state index in [1.165, 1.54) is 4.90 Å². The third-order valence-corrected chi connectivity index (χ3v) is 3.31. The molecule has 1 fully saturated rings. The van der Waals surface area contributed by atoms with E-state index in [-0.39, 0.29) is 12.4 Å². The summed E-state index contributed by atoms with van der Waals surface area (Å²) in [5, 5.41) is 3.08. The van der Waals surface area contributed by atoms with E-state index in [1.807, 2.05) is 0 Å². The number of aryl methyl sites for hydroxylation is 1. The second-order valence-electron chi connectivity index (χ2n) is 4.59. The summed E-state index contributed by atoms with van der Waals surface area (Å²) < 4.78 is 39.9. The number of hydrogen-bond donors (Lipinski definition) is 1. The summed E-state index contributed by atoms with van der Waals surface area (Å²) in [6.07, 6.45) is -4.23. The maximum atomic E-state index is 13.3. The molecule has 6 heteroatoms. The Morgan fingerprint density at radius 2 is 1.74 bits per heavy atom. The van der Waals surface area contributed by atoms with Gasteiger partial charge in [0.2, 0.25) is 0 Å². The lowest BCUT2D eigenvalue weighted by Gasteiger charge is -2.36. The van der Waals surface area contributed by atoms with E-state index in [0.29, 0.717) is 37.3 Å². The summed E-state index contributed by atoms with van der Waals surface area (Å²) in [5.41, 5.74) is 1.06. The molecular weight excluding hydrogens is 277 g/mol. The van der Waals surface area contributed by atoms with Gasteiger partial charge in [0, 0.05) is 26.2 Å². The topological polar surface area (TPSA) is 15.3 Å². The number of piperazine rings is 1. The molecule has 108 valence electrons. The zero-order chi connectivity index (χ0) is 13.2. The highest BCUT2D eigenvalue weighted by Crippen LogP contribution is 2.38. The molecule has 1 aromatic rings. The van der Waals surface area contributed by atoms with Crippen molar-refractivity contribution in [2.75, 3.05) is 26.2 Å². The fraction of sp³-hybridized carbons (Fsp3) is 0.538. The largest absolute Gasteiger partial charge is 0.408 e. The van der Waals surface area contributed by atoms with Gasteiger partial charge in [0.15, 0.2) is 0 Å². The lowest BCUT2D eigenvalue weighted by molar-refractivity contribution is -0.188. The van der Waals surface area contributed by atoms with E-state index >= 15 is 0 Å². The highest BCUT2D eigenvalue weighted by atomic mass is 35.5. The van der Waals surface area contributed by atoms with Crippen LogP contribution in [0, 0.1) is 6.92 Å². The molecule has 1 saturated heterocycles. The molecule has 0 aromatic heterocycles. The van der Waals surface area contributed by atoms with Crippen molar-refractivity contribution in [3.05, 3.63) is 35.4 Å². The van der Waals surface area contributed by atoms with Crippen LogP contribution >= 0.6 is 12.4 Å². The van der Waals surface area contributed by atoms with Crippen molar-refractivity contribution in [2.24, 2.45) is 0 Å². The van der Waals surface area contributed by atoms with E-state index in [1.54, 1.807) is 31.2 Å². The normalized spacial score (nSPS) is 18.7. The zero-order valence-corrected chi connectivity index (χ0v) is 11.5. The van der Waals surface area contributed by atoms with E-state index in [9.17, 15) is 13.2 Å². The van der Waals surface area contributed by atoms with Gasteiger partial charge >= 0.3 is 6.18 Å². The molecule has 0 aliphatic carbocycles. The number of benzene rings is 1. The third-order valence-electron chi connectivity index (χ3n) is 3.31. The second kappa shape index (κ2) is 6.59. The predicted molar refractivity (Wildman–Crippen MR) is 71.7 cm³/mol. The average Bonchev–Trinajstić information content (AvgIpc) is 2.32. The van der Waals surface area contributed by atoms with Crippen LogP contribution in [0.2, 0.25) is 0 Å². The van der Waals surface area contributed by atoms with Gasteiger partial charge in [0.05, 0.1) is 0 Å². The molecule has 1 aliphatic rings. The fourth-order valence-corrected chi connectivity index (χ4v) is 2.41. The number of nitrogens with one attached hydrogen (secondary N) is 1. The molecule has 0 unspecified atom stereocenters. The van der Waals surface area contributed by atoms with Crippen LogP contribution < -0.4 is 5.32 Å². The zero-order valence-electron chi connectivity index (χ0n) is 10.7. The van der Waals surface area contributed by atoms with Crippen LogP contribution in [0.3, 0.4) is 0 Å². The molecule has 1 aromatic carbocycles. The van der Waals surface area contributed by atoms with Crippen molar-refractivity contribution in [1.82, 2.24) is 10.2 Å². The van der Waals surface area contributed by atoms with Gasteiger partial charge in [-0.25, -0.2) is 0 Å². The van der Waals surface area contributed by atoms with Crippen LogP contribution in [0.1, 0.15) is 17.2 Å². The molecule has 2 rings (SSSR count). The Morgan fingerprint density at radius 3 is 2.26 bits per heavy atom. The van der Waals surface area contributed by atoms with Gasteiger partial charge in [-0.05, 0) is 18.1 Å². The number of halogens is 4. The Balaban J connectivity index is 0.00000180. The lowest BCUT2D eigenvalue weighted by atomic mass is 9.99. The molecular formula is C13H18ClF3N2. The van der Waals surface area contributed by atoms with Crippen LogP contribution in [0.4, 0.5) is 13.2 Å². The molecule has 1 atom stereocenters. The van der Waals surface area contributed by atoms with Crippen molar-refractivity contribution in [1.29, 1.82) is 0 Å². The maximum Gasteiger partial charge on any atom is 0.408 e. The van der Waals surface area contributed by atoms with Crippen LogP contribution in [-0.2, 0) is 0 Å². The van der Waals surface area contributed by atoms with Crippen LogP contribution in [-0.4, -0.2) is 37.3 Å². The van der Waals surface area contributed by atoms with Crippen molar-refractivity contribution in [3.63, 3.8) is 0 Å². The standard InChI is InChI=1S/C13H17F3N2.ClH/c1-10-4-2-3-5-11(10)12(13(14,15)16)18-8-6-17-7-9-18;/h2-5,12,17H,6-9H2,1H3;1H/t12-;/m0./s1. The van der Waals surface area contributed by atoms with Crippen molar-refractivity contribution < 1.29 is 13.2 Å². The van der Waals surface area contributed by atoms with Gasteiger partial charge < -0.3 is 5.32 Å². The van der Waals surface area contributed by atoms with Crippen molar-refractivity contribution in [3.8, 4) is 0 Å². The summed E-state index contributed by atoms with van der Waals surface area (Å²) in [5.74, 6) is 0. The van der Waals surface area contributed by atoms with Crippen LogP contribution in [0.5, 0.6) is 0 Å². The monoisotopic (exact) mass is 294 g/mol. The van der Waals surface area contributed by atoms with E-state index in [4.69, 9.17) is 0 Å². The molecule has 0 amide bonds. The predicted octanol–water partition coefficient (Wildman–Crippen LogP) is 2.93. The molecule has 1 heterocycles. The van der Waals surface area contributed by atoms with Gasteiger partial charge in [-0.3, -0.25) is 4.90 Å². The summed E-state index contributed by atoms with van der Waals surface area (Å²) >= 11 is 0. The minimum atomic E-state index is -4.23. The highest BCUT2D eigenvalue weighted by molar-refractivity contribution is 5.85. The van der Waals surface area contributed by atoms with Crippen LogP contribution in [0.15, 0.2) is 24.3 Å². The molecule has 0 saturated carbocycles. The van der Waals surface area contributed by atoms with Gasteiger partial charge in [-0.1, -0.05) is 24.3 Å². The Morgan fingerprint density at radius 1 is 1.16 bits per heavy atom. The van der Waals surface area contributed by atoms with E-state index in [2.05, 4.69) is 5.32 Å². The summed E-state index contributed by atoms with van der Waals surface area (Å²) in [6.45, 7) is 3.81. The summed E-state index contributed by atoms with van der Waals surface area (Å²) in [4.78, 5) is 1.51. The lowest BCUT2D eigenvalue weighted by Crippen LogP contribution is -2.49. The maximum absolute atomic E-state index is 13.3. The first kappa shape index (κ1) is 16.3. The molecule has 0 radical (unpaired) electrons. The van der Waals surface area contributed by atoms with Gasteiger partial charge in [-0.2, -0.15) is 13.2 Å². The Kier molecular flexibility index (Phi) is 5.64. The van der Waals surface area contributed by atoms with Gasteiger partial charge in [0.1, 0.15) is 6.04 Å². The van der Waals surface area contributed by atoms with E-state index < -0.39 is 12.2 Å². The smallest absolute Gasteiger partial charge is 0.314 e. The molecule has 2 nitrogen and oxygen atoms in total. The quantitative estimate of drug-likeness (QED) is 0.902. The van der Waals surface area contributed by atoms with Gasteiger partial charge in [-0.15, -0.1) is 12.4 Å². The molecule has 19 heavy (non-hydrogen) atoms. The average molecular weight is 295 g/mol. The number of nitrogens with zero attached hydrogens (tertiary/aromatic N) is 1. The first-order valence-corrected chi connectivity index (χ1v) is 6.07. The molecule has 1 N–H and O–H groups in total. The minimum absolute atomic E-state index is 0. The Bertz CT molecular complexity index is 403. The fourth-order valence-electron chi connectivity index (χ4n) is 2.41. The summed E-state index contributed by atoms with van der Waals surface area (Å²) in [7, 11) is 0. The number of alkyl halides is 3. The Labute approximate surface area is 117 Å². The number of rotatable bonds is 2. The minimum Gasteiger partial charge on any atom is -0.314 e. The Hall–Kier alpha value is -0.780. The van der Waals surface area contributed by atoms with E-state index in [0.717, 1.165) is 0 Å². The first-order valence-electron chi connectivity index (χ1n) is 6.07. The first-order chi connectivity index (χ1) is 8.50.